The number of fused-ring (bicyclic) bond motifs is 1. The second-order valence-corrected chi connectivity index (χ2v) is 6.61. The van der Waals surface area contributed by atoms with Gasteiger partial charge in [-0.2, -0.15) is 0 Å². The fraction of sp³-hybridized carbons (Fsp3) is 0.238. The molecule has 1 aliphatic heterocycles. The lowest BCUT2D eigenvalue weighted by atomic mass is 9.89. The van der Waals surface area contributed by atoms with Crippen LogP contribution in [-0.2, 0) is 0 Å². The Balaban J connectivity index is 1.53. The lowest BCUT2D eigenvalue weighted by Crippen LogP contribution is -2.42. The highest BCUT2D eigenvalue weighted by molar-refractivity contribution is 6.02. The van der Waals surface area contributed by atoms with Crippen molar-refractivity contribution in [1.82, 2.24) is 14.9 Å². The van der Waals surface area contributed by atoms with Gasteiger partial charge in [-0.25, -0.2) is 4.98 Å². The standard InChI is InChI=1S/C21H19N3O2/c25-20(17-8-7-15-4-1-2-5-16(15)12-17)18-6-3-11-24(14-18)21(26)19-13-22-9-10-23-19/h1-2,4-5,7-10,12-13,18H,3,6,11,14H2/t18-/m1/s1. The third-order valence-electron chi connectivity index (χ3n) is 4.90. The van der Waals surface area contributed by atoms with Crippen molar-refractivity contribution in [3.05, 3.63) is 72.3 Å². The van der Waals surface area contributed by atoms with E-state index in [4.69, 9.17) is 0 Å². The van der Waals surface area contributed by atoms with E-state index in [1.165, 1.54) is 12.4 Å². The molecule has 130 valence electrons. The molecule has 0 spiro atoms. The predicted molar refractivity (Wildman–Crippen MR) is 98.9 cm³/mol. The number of carbonyl (C=O) groups excluding carboxylic acids is 2. The van der Waals surface area contributed by atoms with Gasteiger partial charge in [0.2, 0.25) is 0 Å². The summed E-state index contributed by atoms with van der Waals surface area (Å²) in [6.45, 7) is 1.08. The van der Waals surface area contributed by atoms with Gasteiger partial charge in [0.1, 0.15) is 5.69 Å². The molecule has 3 aromatic rings. The van der Waals surface area contributed by atoms with E-state index in [1.807, 2.05) is 42.5 Å². The predicted octanol–water partition coefficient (Wildman–Crippen LogP) is 3.36. The van der Waals surface area contributed by atoms with Gasteiger partial charge in [-0.3, -0.25) is 14.6 Å². The molecule has 1 aromatic heterocycles. The fourth-order valence-corrected chi connectivity index (χ4v) is 3.53. The number of hydrogen-bond acceptors (Lipinski definition) is 4. The van der Waals surface area contributed by atoms with Crippen LogP contribution in [-0.4, -0.2) is 39.6 Å². The van der Waals surface area contributed by atoms with Crippen molar-refractivity contribution < 1.29 is 9.59 Å². The number of Topliss-reactive ketones (excluding diaryl/α,β-unsaturated/α-hetero) is 1. The topological polar surface area (TPSA) is 63.2 Å². The monoisotopic (exact) mass is 345 g/mol. The Bertz CT molecular complexity index is 956. The third kappa shape index (κ3) is 3.20. The number of rotatable bonds is 3. The van der Waals surface area contributed by atoms with Crippen LogP contribution in [0.4, 0.5) is 0 Å². The van der Waals surface area contributed by atoms with E-state index in [1.54, 1.807) is 11.1 Å². The van der Waals surface area contributed by atoms with Crippen molar-refractivity contribution in [2.45, 2.75) is 12.8 Å². The third-order valence-corrected chi connectivity index (χ3v) is 4.90. The van der Waals surface area contributed by atoms with Crippen LogP contribution in [0, 0.1) is 5.92 Å². The molecule has 0 aliphatic carbocycles. The Hall–Kier alpha value is -3.08. The first kappa shape index (κ1) is 16.4. The number of ketones is 1. The maximum atomic E-state index is 13.0. The van der Waals surface area contributed by atoms with Crippen molar-refractivity contribution in [2.24, 2.45) is 5.92 Å². The molecule has 0 bridgehead atoms. The second kappa shape index (κ2) is 7.04. The van der Waals surface area contributed by atoms with Gasteiger partial charge in [-0.1, -0.05) is 36.4 Å². The van der Waals surface area contributed by atoms with Gasteiger partial charge in [-0.05, 0) is 29.7 Å². The van der Waals surface area contributed by atoms with Gasteiger partial charge < -0.3 is 4.90 Å². The molecule has 1 fully saturated rings. The summed E-state index contributed by atoms with van der Waals surface area (Å²) in [4.78, 5) is 35.3. The normalized spacial score (nSPS) is 17.2. The van der Waals surface area contributed by atoms with Crippen LogP contribution in [0.15, 0.2) is 61.1 Å². The van der Waals surface area contributed by atoms with Crippen molar-refractivity contribution in [2.75, 3.05) is 13.1 Å². The largest absolute Gasteiger partial charge is 0.337 e. The number of piperidine rings is 1. The number of amides is 1. The average Bonchev–Trinajstić information content (AvgIpc) is 2.73. The number of hydrogen-bond donors (Lipinski definition) is 0. The summed E-state index contributed by atoms with van der Waals surface area (Å²) in [6.07, 6.45) is 6.14. The van der Waals surface area contributed by atoms with E-state index in [2.05, 4.69) is 9.97 Å². The SMILES string of the molecule is O=C(c1ccc2ccccc2c1)[C@@H]1CCCN(C(=O)c2cnccn2)C1. The van der Waals surface area contributed by atoms with Crippen LogP contribution < -0.4 is 0 Å². The van der Waals surface area contributed by atoms with Crippen LogP contribution in [0.3, 0.4) is 0 Å². The minimum Gasteiger partial charge on any atom is -0.337 e. The van der Waals surface area contributed by atoms with Gasteiger partial charge in [0.15, 0.2) is 5.78 Å². The quantitative estimate of drug-likeness (QED) is 0.683. The van der Waals surface area contributed by atoms with Gasteiger partial charge >= 0.3 is 0 Å². The Morgan fingerprint density at radius 3 is 2.69 bits per heavy atom. The maximum Gasteiger partial charge on any atom is 0.274 e. The van der Waals surface area contributed by atoms with Crippen molar-refractivity contribution in [3.63, 3.8) is 0 Å². The number of benzene rings is 2. The average molecular weight is 345 g/mol. The molecule has 2 heterocycles. The highest BCUT2D eigenvalue weighted by Crippen LogP contribution is 2.24. The Morgan fingerprint density at radius 1 is 1.04 bits per heavy atom. The van der Waals surface area contributed by atoms with E-state index in [9.17, 15) is 9.59 Å². The molecule has 1 atom stereocenters. The summed E-state index contributed by atoms with van der Waals surface area (Å²) >= 11 is 0. The lowest BCUT2D eigenvalue weighted by Gasteiger charge is -2.31. The molecule has 0 radical (unpaired) electrons. The number of aromatic nitrogens is 2. The summed E-state index contributed by atoms with van der Waals surface area (Å²) in [5.74, 6) is -0.230. The molecule has 1 saturated heterocycles. The molecule has 0 N–H and O–H groups in total. The second-order valence-electron chi connectivity index (χ2n) is 6.61. The highest BCUT2D eigenvalue weighted by atomic mass is 16.2. The Kier molecular flexibility index (Phi) is 4.44. The number of carbonyl (C=O) groups is 2. The highest BCUT2D eigenvalue weighted by Gasteiger charge is 2.30. The number of nitrogens with zero attached hydrogens (tertiary/aromatic N) is 3. The smallest absolute Gasteiger partial charge is 0.274 e. The van der Waals surface area contributed by atoms with Crippen molar-refractivity contribution in [1.29, 1.82) is 0 Å². The zero-order chi connectivity index (χ0) is 17.9. The molecule has 26 heavy (non-hydrogen) atoms. The minimum atomic E-state index is -0.175. The molecule has 1 amide bonds. The summed E-state index contributed by atoms with van der Waals surface area (Å²) in [6, 6.07) is 13.8. The zero-order valence-corrected chi connectivity index (χ0v) is 14.3. The van der Waals surface area contributed by atoms with Crippen molar-refractivity contribution >= 4 is 22.5 Å². The van der Waals surface area contributed by atoms with Crippen LogP contribution in [0.25, 0.3) is 10.8 Å². The molecular weight excluding hydrogens is 326 g/mol. The summed E-state index contributed by atoms with van der Waals surface area (Å²) in [5, 5.41) is 2.17. The molecule has 1 aliphatic rings. The molecule has 5 nitrogen and oxygen atoms in total. The van der Waals surface area contributed by atoms with Crippen LogP contribution in [0.5, 0.6) is 0 Å². The van der Waals surface area contributed by atoms with Gasteiger partial charge in [0.05, 0.1) is 6.20 Å². The van der Waals surface area contributed by atoms with Gasteiger partial charge in [-0.15, -0.1) is 0 Å². The molecule has 0 saturated carbocycles. The van der Waals surface area contributed by atoms with Crippen LogP contribution in [0.2, 0.25) is 0 Å². The van der Waals surface area contributed by atoms with E-state index < -0.39 is 0 Å². The Labute approximate surface area is 151 Å². The minimum absolute atomic E-state index is 0.104. The molecule has 2 aromatic carbocycles. The lowest BCUT2D eigenvalue weighted by molar-refractivity contribution is 0.0632. The first-order valence-corrected chi connectivity index (χ1v) is 8.81. The zero-order valence-electron chi connectivity index (χ0n) is 14.3. The van der Waals surface area contributed by atoms with Crippen LogP contribution in [0.1, 0.15) is 33.7 Å². The summed E-state index contributed by atoms with van der Waals surface area (Å²) in [7, 11) is 0. The maximum absolute atomic E-state index is 13.0. The van der Waals surface area contributed by atoms with Gasteiger partial charge in [0.25, 0.3) is 5.91 Å². The first-order chi connectivity index (χ1) is 12.7. The summed E-state index contributed by atoms with van der Waals surface area (Å²) < 4.78 is 0. The molecule has 5 heteroatoms. The molecule has 4 rings (SSSR count). The Morgan fingerprint density at radius 2 is 1.88 bits per heavy atom. The molecule has 0 unspecified atom stereocenters. The van der Waals surface area contributed by atoms with E-state index in [0.29, 0.717) is 24.3 Å². The van der Waals surface area contributed by atoms with Crippen LogP contribution >= 0.6 is 0 Å². The summed E-state index contributed by atoms with van der Waals surface area (Å²) in [5.41, 5.74) is 1.04. The van der Waals surface area contributed by atoms with Crippen molar-refractivity contribution in [3.8, 4) is 0 Å². The molecular formula is C21H19N3O2. The van der Waals surface area contributed by atoms with E-state index >= 15 is 0 Å². The van der Waals surface area contributed by atoms with E-state index in [-0.39, 0.29) is 17.6 Å². The van der Waals surface area contributed by atoms with E-state index in [0.717, 1.165) is 23.6 Å². The first-order valence-electron chi connectivity index (χ1n) is 8.81. The van der Waals surface area contributed by atoms with Gasteiger partial charge in [0, 0.05) is 37.0 Å². The number of likely N-dealkylation sites (tertiary alicyclic amines) is 1. The fourth-order valence-electron chi connectivity index (χ4n) is 3.53.